The van der Waals surface area contributed by atoms with Crippen molar-refractivity contribution in [3.8, 4) is 5.75 Å². The van der Waals surface area contributed by atoms with Crippen LogP contribution in [0.1, 0.15) is 32.1 Å². The zero-order chi connectivity index (χ0) is 15.9. The van der Waals surface area contributed by atoms with E-state index >= 15 is 0 Å². The average molecular weight is 308 g/mol. The zero-order valence-corrected chi connectivity index (χ0v) is 12.3. The molecule has 1 unspecified atom stereocenters. The fourth-order valence-corrected chi connectivity index (χ4v) is 2.34. The SMILES string of the molecule is NC(CCOc1ccc([N+](=O)[O-])cc1)C(=O)OC1CCCC1. The van der Waals surface area contributed by atoms with Gasteiger partial charge in [-0.3, -0.25) is 14.9 Å². The van der Waals surface area contributed by atoms with Gasteiger partial charge in [-0.05, 0) is 37.8 Å². The van der Waals surface area contributed by atoms with Gasteiger partial charge in [0.1, 0.15) is 17.9 Å². The summed E-state index contributed by atoms with van der Waals surface area (Å²) in [7, 11) is 0. The molecule has 1 aromatic carbocycles. The Kier molecular flexibility index (Phi) is 5.71. The number of carbonyl (C=O) groups excluding carboxylic acids is 1. The third-order valence-corrected chi connectivity index (χ3v) is 3.63. The molecule has 22 heavy (non-hydrogen) atoms. The van der Waals surface area contributed by atoms with Crippen molar-refractivity contribution in [1.29, 1.82) is 0 Å². The second kappa shape index (κ2) is 7.74. The molecule has 1 atom stereocenters. The van der Waals surface area contributed by atoms with Gasteiger partial charge < -0.3 is 15.2 Å². The van der Waals surface area contributed by atoms with Crippen molar-refractivity contribution < 1.29 is 19.2 Å². The first-order valence-electron chi connectivity index (χ1n) is 7.39. The van der Waals surface area contributed by atoms with E-state index < -0.39 is 11.0 Å². The van der Waals surface area contributed by atoms with Crippen molar-refractivity contribution >= 4 is 11.7 Å². The summed E-state index contributed by atoms with van der Waals surface area (Å²) in [5.74, 6) is 0.112. The smallest absolute Gasteiger partial charge is 0.323 e. The minimum absolute atomic E-state index is 0.00388. The molecule has 0 aromatic heterocycles. The third-order valence-electron chi connectivity index (χ3n) is 3.63. The maximum absolute atomic E-state index is 11.8. The highest BCUT2D eigenvalue weighted by Gasteiger charge is 2.23. The van der Waals surface area contributed by atoms with E-state index in [1.807, 2.05) is 0 Å². The molecule has 1 aliphatic rings. The van der Waals surface area contributed by atoms with Gasteiger partial charge in [-0.1, -0.05) is 0 Å². The normalized spacial score (nSPS) is 16.2. The lowest BCUT2D eigenvalue weighted by molar-refractivity contribution is -0.384. The summed E-state index contributed by atoms with van der Waals surface area (Å²) in [6.45, 7) is 0.249. The molecular formula is C15H20N2O5. The number of nitro benzene ring substituents is 1. The van der Waals surface area contributed by atoms with Crippen LogP contribution in [0.15, 0.2) is 24.3 Å². The number of rotatable bonds is 7. The molecule has 0 bridgehead atoms. The minimum Gasteiger partial charge on any atom is -0.494 e. The predicted molar refractivity (Wildman–Crippen MR) is 79.5 cm³/mol. The van der Waals surface area contributed by atoms with Crippen LogP contribution in [0.4, 0.5) is 5.69 Å². The van der Waals surface area contributed by atoms with Gasteiger partial charge in [-0.25, -0.2) is 0 Å². The van der Waals surface area contributed by atoms with E-state index in [-0.39, 0.29) is 24.4 Å². The Balaban J connectivity index is 1.70. The topological polar surface area (TPSA) is 105 Å². The summed E-state index contributed by atoms with van der Waals surface area (Å²) in [4.78, 5) is 21.8. The second-order valence-corrected chi connectivity index (χ2v) is 5.34. The molecule has 2 rings (SSSR count). The number of ether oxygens (including phenoxy) is 2. The van der Waals surface area contributed by atoms with E-state index in [0.717, 1.165) is 25.7 Å². The lowest BCUT2D eigenvalue weighted by atomic mass is 10.2. The van der Waals surface area contributed by atoms with E-state index in [4.69, 9.17) is 15.2 Å². The van der Waals surface area contributed by atoms with Crippen molar-refractivity contribution in [3.05, 3.63) is 34.4 Å². The van der Waals surface area contributed by atoms with Crippen molar-refractivity contribution in [2.24, 2.45) is 5.73 Å². The van der Waals surface area contributed by atoms with Gasteiger partial charge in [0.05, 0.1) is 11.5 Å². The first-order chi connectivity index (χ1) is 10.6. The third kappa shape index (κ3) is 4.70. The van der Waals surface area contributed by atoms with Crippen LogP contribution in [-0.4, -0.2) is 29.6 Å². The Morgan fingerprint density at radius 1 is 1.32 bits per heavy atom. The van der Waals surface area contributed by atoms with E-state index in [2.05, 4.69) is 0 Å². The summed E-state index contributed by atoms with van der Waals surface area (Å²) in [5.41, 5.74) is 5.78. The van der Waals surface area contributed by atoms with Gasteiger partial charge >= 0.3 is 5.97 Å². The number of nitro groups is 1. The van der Waals surface area contributed by atoms with Gasteiger partial charge in [0.25, 0.3) is 5.69 Å². The molecule has 1 fully saturated rings. The van der Waals surface area contributed by atoms with Crippen molar-refractivity contribution in [2.45, 2.75) is 44.2 Å². The quantitative estimate of drug-likeness (QED) is 0.470. The largest absolute Gasteiger partial charge is 0.494 e. The van der Waals surface area contributed by atoms with Crippen molar-refractivity contribution in [3.63, 3.8) is 0 Å². The van der Waals surface area contributed by atoms with Gasteiger partial charge in [-0.2, -0.15) is 0 Å². The van der Waals surface area contributed by atoms with Gasteiger partial charge in [0.15, 0.2) is 0 Å². The van der Waals surface area contributed by atoms with Gasteiger partial charge in [-0.15, -0.1) is 0 Å². The number of esters is 1. The molecule has 0 amide bonds. The number of benzene rings is 1. The highest BCUT2D eigenvalue weighted by molar-refractivity contribution is 5.75. The standard InChI is InChI=1S/C15H20N2O5/c16-14(15(18)22-13-3-1-2-4-13)9-10-21-12-7-5-11(6-8-12)17(19)20/h5-8,13-14H,1-4,9-10,16H2. The van der Waals surface area contributed by atoms with Gasteiger partial charge in [0.2, 0.25) is 0 Å². The fraction of sp³-hybridized carbons (Fsp3) is 0.533. The van der Waals surface area contributed by atoms with Gasteiger partial charge in [0, 0.05) is 18.6 Å². The van der Waals surface area contributed by atoms with Crippen LogP contribution < -0.4 is 10.5 Å². The second-order valence-electron chi connectivity index (χ2n) is 5.34. The minimum atomic E-state index is -0.710. The molecule has 0 saturated heterocycles. The Hall–Kier alpha value is -2.15. The lowest BCUT2D eigenvalue weighted by Gasteiger charge is -2.16. The highest BCUT2D eigenvalue weighted by atomic mass is 16.6. The first-order valence-corrected chi connectivity index (χ1v) is 7.39. The van der Waals surface area contributed by atoms with Crippen molar-refractivity contribution in [1.82, 2.24) is 0 Å². The van der Waals surface area contributed by atoms with Crippen LogP contribution in [-0.2, 0) is 9.53 Å². The Morgan fingerprint density at radius 3 is 2.55 bits per heavy atom. The fourth-order valence-electron chi connectivity index (χ4n) is 2.34. The number of non-ortho nitro benzene ring substituents is 1. The van der Waals surface area contributed by atoms with Crippen LogP contribution >= 0.6 is 0 Å². The molecule has 2 N–H and O–H groups in total. The molecule has 0 radical (unpaired) electrons. The van der Waals surface area contributed by atoms with E-state index in [1.54, 1.807) is 0 Å². The monoisotopic (exact) mass is 308 g/mol. The molecule has 7 heteroatoms. The number of hydrogen-bond acceptors (Lipinski definition) is 6. The molecule has 1 saturated carbocycles. The Bertz CT molecular complexity index is 511. The molecule has 1 aromatic rings. The molecule has 0 aliphatic heterocycles. The summed E-state index contributed by atoms with van der Waals surface area (Å²) in [5, 5.41) is 10.5. The summed E-state index contributed by atoms with van der Waals surface area (Å²) >= 11 is 0. The first kappa shape index (κ1) is 16.2. The summed E-state index contributed by atoms with van der Waals surface area (Å²) < 4.78 is 10.7. The van der Waals surface area contributed by atoms with E-state index in [9.17, 15) is 14.9 Å². The lowest BCUT2D eigenvalue weighted by Crippen LogP contribution is -2.35. The van der Waals surface area contributed by atoms with Crippen molar-refractivity contribution in [2.75, 3.05) is 6.61 Å². The van der Waals surface area contributed by atoms with Crippen LogP contribution in [0, 0.1) is 10.1 Å². The zero-order valence-electron chi connectivity index (χ0n) is 12.3. The Morgan fingerprint density at radius 2 is 1.95 bits per heavy atom. The maximum atomic E-state index is 11.8. The van der Waals surface area contributed by atoms with E-state index in [0.29, 0.717) is 12.2 Å². The van der Waals surface area contributed by atoms with E-state index in [1.165, 1.54) is 24.3 Å². The summed E-state index contributed by atoms with van der Waals surface area (Å²) in [6, 6.07) is 5.05. The molecule has 0 heterocycles. The average Bonchev–Trinajstić information content (AvgIpc) is 3.00. The van der Waals surface area contributed by atoms with Crippen LogP contribution in [0.3, 0.4) is 0 Å². The summed E-state index contributed by atoms with van der Waals surface area (Å²) in [6.07, 6.45) is 4.36. The molecule has 120 valence electrons. The molecule has 7 nitrogen and oxygen atoms in total. The number of nitrogens with zero attached hydrogens (tertiary/aromatic N) is 1. The molecule has 0 spiro atoms. The number of carbonyl (C=O) groups is 1. The number of nitrogens with two attached hydrogens (primary N) is 1. The van der Waals surface area contributed by atoms with Crippen LogP contribution in [0.2, 0.25) is 0 Å². The molecular weight excluding hydrogens is 288 g/mol. The molecule has 1 aliphatic carbocycles. The van der Waals surface area contributed by atoms with Crippen LogP contribution in [0.25, 0.3) is 0 Å². The number of hydrogen-bond donors (Lipinski definition) is 1. The highest BCUT2D eigenvalue weighted by Crippen LogP contribution is 2.21. The van der Waals surface area contributed by atoms with Crippen LogP contribution in [0.5, 0.6) is 5.75 Å². The maximum Gasteiger partial charge on any atom is 0.323 e. The Labute approximate surface area is 128 Å². The predicted octanol–water partition coefficient (Wildman–Crippen LogP) is 2.18.